The molecule has 0 heterocycles. The quantitative estimate of drug-likeness (QED) is 0.759. The summed E-state index contributed by atoms with van der Waals surface area (Å²) in [7, 11) is 2.43. The Kier molecular flexibility index (Phi) is 6.79. The highest BCUT2D eigenvalue weighted by Gasteiger charge is 2.18. The topological polar surface area (TPSA) is 90.9 Å². The van der Waals surface area contributed by atoms with Gasteiger partial charge in [-0.05, 0) is 49.4 Å². The van der Waals surface area contributed by atoms with Gasteiger partial charge in [0.15, 0.2) is 6.10 Å². The molecule has 0 unspecified atom stereocenters. The third-order valence-electron chi connectivity index (χ3n) is 3.54. The molecule has 8 heteroatoms. The number of hydrogen-bond donors (Lipinski definition) is 1. The molecule has 0 aromatic heterocycles. The maximum absolute atomic E-state index is 12.4. The number of benzene rings is 2. The van der Waals surface area contributed by atoms with E-state index in [0.29, 0.717) is 10.8 Å². The SMILES string of the molecule is COC(=O)c1cc(NC(=O)[C@@H](C)Oc2ccc(Cl)cc2)cc(C(=O)OC)c1. The fourth-order valence-corrected chi connectivity index (χ4v) is 2.31. The molecule has 0 bridgehead atoms. The van der Waals surface area contributed by atoms with E-state index in [4.69, 9.17) is 16.3 Å². The van der Waals surface area contributed by atoms with E-state index in [2.05, 4.69) is 14.8 Å². The smallest absolute Gasteiger partial charge is 0.337 e. The molecule has 0 radical (unpaired) electrons. The predicted octanol–water partition coefficient (Wildman–Crippen LogP) is 3.32. The lowest BCUT2D eigenvalue weighted by Crippen LogP contribution is -2.30. The number of methoxy groups -OCH3 is 2. The van der Waals surface area contributed by atoms with Crippen molar-refractivity contribution in [3.05, 3.63) is 58.6 Å². The molecular formula is C19H18ClNO6. The van der Waals surface area contributed by atoms with Gasteiger partial charge in [-0.3, -0.25) is 4.79 Å². The van der Waals surface area contributed by atoms with Crippen LogP contribution < -0.4 is 10.1 Å². The van der Waals surface area contributed by atoms with Crippen LogP contribution in [0.3, 0.4) is 0 Å². The third kappa shape index (κ3) is 5.46. The zero-order valence-corrected chi connectivity index (χ0v) is 15.7. The van der Waals surface area contributed by atoms with E-state index in [1.54, 1.807) is 31.2 Å². The zero-order valence-electron chi connectivity index (χ0n) is 14.9. The van der Waals surface area contributed by atoms with Crippen LogP contribution in [0, 0.1) is 0 Å². The highest BCUT2D eigenvalue weighted by molar-refractivity contribution is 6.30. The Labute approximate surface area is 161 Å². The fraction of sp³-hybridized carbons (Fsp3) is 0.211. The van der Waals surface area contributed by atoms with E-state index in [1.165, 1.54) is 32.4 Å². The van der Waals surface area contributed by atoms with E-state index in [0.717, 1.165) is 0 Å². The average Bonchev–Trinajstić information content (AvgIpc) is 2.67. The molecule has 0 saturated carbocycles. The molecule has 7 nitrogen and oxygen atoms in total. The molecule has 2 rings (SSSR count). The zero-order chi connectivity index (χ0) is 20.0. The van der Waals surface area contributed by atoms with Gasteiger partial charge < -0.3 is 19.5 Å². The average molecular weight is 392 g/mol. The van der Waals surface area contributed by atoms with E-state index in [-0.39, 0.29) is 16.8 Å². The van der Waals surface area contributed by atoms with Gasteiger partial charge in [-0.25, -0.2) is 9.59 Å². The Balaban J connectivity index is 2.18. The third-order valence-corrected chi connectivity index (χ3v) is 3.79. The Morgan fingerprint density at radius 1 is 0.926 bits per heavy atom. The van der Waals surface area contributed by atoms with Crippen LogP contribution in [0.1, 0.15) is 27.6 Å². The number of anilines is 1. The maximum atomic E-state index is 12.4. The first-order valence-corrected chi connectivity index (χ1v) is 8.26. The van der Waals surface area contributed by atoms with E-state index in [9.17, 15) is 14.4 Å². The summed E-state index contributed by atoms with van der Waals surface area (Å²) in [5, 5.41) is 3.16. The van der Waals surface area contributed by atoms with E-state index < -0.39 is 23.9 Å². The second-order valence-corrected chi connectivity index (χ2v) is 5.92. The molecule has 0 spiro atoms. The molecule has 27 heavy (non-hydrogen) atoms. The molecule has 0 saturated heterocycles. The molecule has 0 aliphatic heterocycles. The van der Waals surface area contributed by atoms with Crippen LogP contribution in [0.15, 0.2) is 42.5 Å². The maximum Gasteiger partial charge on any atom is 0.337 e. The van der Waals surface area contributed by atoms with Gasteiger partial charge in [-0.2, -0.15) is 0 Å². The highest BCUT2D eigenvalue weighted by atomic mass is 35.5. The van der Waals surface area contributed by atoms with Crippen LogP contribution in [-0.4, -0.2) is 38.2 Å². The molecule has 142 valence electrons. The minimum absolute atomic E-state index is 0.0990. The summed E-state index contributed by atoms with van der Waals surface area (Å²) in [6.07, 6.45) is -0.838. The summed E-state index contributed by atoms with van der Waals surface area (Å²) in [4.78, 5) is 36.0. The first-order chi connectivity index (χ1) is 12.8. The molecule has 2 aromatic carbocycles. The number of rotatable bonds is 6. The number of carbonyl (C=O) groups excluding carboxylic acids is 3. The van der Waals surface area contributed by atoms with Crippen molar-refractivity contribution in [3.63, 3.8) is 0 Å². The monoisotopic (exact) mass is 391 g/mol. The summed E-state index contributed by atoms with van der Waals surface area (Å²) >= 11 is 5.81. The van der Waals surface area contributed by atoms with Gasteiger partial charge in [0.25, 0.3) is 5.91 Å². The van der Waals surface area contributed by atoms with E-state index in [1.807, 2.05) is 0 Å². The van der Waals surface area contributed by atoms with Crippen molar-refractivity contribution in [3.8, 4) is 5.75 Å². The summed E-state index contributed by atoms with van der Waals surface area (Å²) in [5.74, 6) is -1.30. The number of hydrogen-bond acceptors (Lipinski definition) is 6. The van der Waals surface area contributed by atoms with Crippen molar-refractivity contribution in [1.29, 1.82) is 0 Å². The normalized spacial score (nSPS) is 11.3. The van der Waals surface area contributed by atoms with Gasteiger partial charge in [0.1, 0.15) is 5.75 Å². The van der Waals surface area contributed by atoms with Crippen molar-refractivity contribution in [2.45, 2.75) is 13.0 Å². The van der Waals surface area contributed by atoms with Crippen LogP contribution in [0.5, 0.6) is 5.75 Å². The Hall–Kier alpha value is -3.06. The molecular weight excluding hydrogens is 374 g/mol. The molecule has 0 aliphatic carbocycles. The van der Waals surface area contributed by atoms with Gasteiger partial charge in [0.05, 0.1) is 25.3 Å². The van der Waals surface area contributed by atoms with Gasteiger partial charge >= 0.3 is 11.9 Å². The first kappa shape index (κ1) is 20.3. The molecule has 0 fully saturated rings. The van der Waals surface area contributed by atoms with Crippen LogP contribution in [0.4, 0.5) is 5.69 Å². The Bertz CT molecular complexity index is 816. The van der Waals surface area contributed by atoms with Crippen molar-refractivity contribution >= 4 is 35.1 Å². The van der Waals surface area contributed by atoms with Crippen LogP contribution in [0.25, 0.3) is 0 Å². The highest BCUT2D eigenvalue weighted by Crippen LogP contribution is 2.19. The summed E-state index contributed by atoms with van der Waals surface area (Å²) in [6, 6.07) is 10.7. The number of ether oxygens (including phenoxy) is 3. The molecule has 1 atom stereocenters. The fourth-order valence-electron chi connectivity index (χ4n) is 2.19. The molecule has 0 aliphatic rings. The van der Waals surface area contributed by atoms with Gasteiger partial charge in [-0.15, -0.1) is 0 Å². The predicted molar refractivity (Wildman–Crippen MR) is 99.3 cm³/mol. The molecule has 1 N–H and O–H groups in total. The second-order valence-electron chi connectivity index (χ2n) is 5.49. The first-order valence-electron chi connectivity index (χ1n) is 7.89. The second kappa shape index (κ2) is 9.05. The number of carbonyl (C=O) groups is 3. The van der Waals surface area contributed by atoms with Crippen molar-refractivity contribution < 1.29 is 28.6 Å². The van der Waals surface area contributed by atoms with E-state index >= 15 is 0 Å². The summed E-state index contributed by atoms with van der Waals surface area (Å²) in [5.41, 5.74) is 0.429. The number of halogens is 1. The largest absolute Gasteiger partial charge is 0.481 e. The Morgan fingerprint density at radius 2 is 1.44 bits per heavy atom. The molecule has 1 amide bonds. The lowest BCUT2D eigenvalue weighted by Gasteiger charge is -2.15. The number of nitrogens with one attached hydrogen (secondary N) is 1. The van der Waals surface area contributed by atoms with Crippen molar-refractivity contribution in [2.75, 3.05) is 19.5 Å². The Morgan fingerprint density at radius 3 is 1.93 bits per heavy atom. The number of amides is 1. The number of esters is 2. The van der Waals surface area contributed by atoms with Crippen LogP contribution in [-0.2, 0) is 14.3 Å². The van der Waals surface area contributed by atoms with Crippen LogP contribution >= 0.6 is 11.6 Å². The van der Waals surface area contributed by atoms with Crippen LogP contribution in [0.2, 0.25) is 5.02 Å². The lowest BCUT2D eigenvalue weighted by atomic mass is 10.1. The summed E-state index contributed by atoms with van der Waals surface area (Å²) < 4.78 is 14.9. The lowest BCUT2D eigenvalue weighted by molar-refractivity contribution is -0.122. The van der Waals surface area contributed by atoms with Gasteiger partial charge in [-0.1, -0.05) is 11.6 Å². The minimum atomic E-state index is -0.838. The standard InChI is InChI=1S/C19H18ClNO6/c1-11(27-16-6-4-14(20)5-7-16)17(22)21-15-9-12(18(23)25-2)8-13(10-15)19(24)26-3/h4-11H,1-3H3,(H,21,22)/t11-/m1/s1. The molecule has 2 aromatic rings. The minimum Gasteiger partial charge on any atom is -0.481 e. The summed E-state index contributed by atoms with van der Waals surface area (Å²) in [6.45, 7) is 1.56. The van der Waals surface area contributed by atoms with Crippen molar-refractivity contribution in [1.82, 2.24) is 0 Å². The van der Waals surface area contributed by atoms with Crippen molar-refractivity contribution in [2.24, 2.45) is 0 Å². The van der Waals surface area contributed by atoms with Gasteiger partial charge in [0.2, 0.25) is 0 Å². The van der Waals surface area contributed by atoms with Gasteiger partial charge in [0, 0.05) is 10.7 Å².